The van der Waals surface area contributed by atoms with E-state index >= 15 is 0 Å². The van der Waals surface area contributed by atoms with E-state index in [-0.39, 0.29) is 9.03 Å². The van der Waals surface area contributed by atoms with Crippen LogP contribution in [-0.2, 0) is 9.05 Å². The molecule has 0 radical (unpaired) electrons. The lowest BCUT2D eigenvalue weighted by atomic mass is 10.7. The van der Waals surface area contributed by atoms with Crippen LogP contribution in [-0.4, -0.2) is 13.2 Å². The first-order valence-corrected chi connectivity index (χ1v) is 3.44. The molecule has 2 nitrogen and oxygen atoms in total. The predicted molar refractivity (Wildman–Crippen MR) is 40.6 cm³/mol. The minimum absolute atomic E-state index is 0.103. The molecule has 0 aromatic heterocycles. The van der Waals surface area contributed by atoms with Crippen LogP contribution in [0.15, 0.2) is 25.3 Å². The first-order valence-electron chi connectivity index (χ1n) is 2.62. The van der Waals surface area contributed by atoms with Crippen LogP contribution in [0.5, 0.6) is 0 Å². The van der Waals surface area contributed by atoms with Crippen LogP contribution in [0.2, 0.25) is 0 Å². The number of hydrogen-bond donors (Lipinski definition) is 0. The fourth-order valence-corrected chi connectivity index (χ4v) is 0.683. The van der Waals surface area contributed by atoms with Crippen molar-refractivity contribution in [3.05, 3.63) is 25.3 Å². The van der Waals surface area contributed by atoms with Gasteiger partial charge in [0, 0.05) is 0 Å². The molecular weight excluding hydrogens is 135 g/mol. The molecule has 9 heavy (non-hydrogen) atoms. The molecule has 0 spiro atoms. The second-order valence-corrected chi connectivity index (χ2v) is 2.03. The van der Waals surface area contributed by atoms with Gasteiger partial charge >= 0.3 is 0 Å². The Morgan fingerprint density at radius 2 is 1.56 bits per heavy atom. The fraction of sp³-hybridized carbons (Fsp3) is 0.333. The monoisotopic (exact) mass is 146 g/mol. The van der Waals surface area contributed by atoms with Gasteiger partial charge in [0.1, 0.15) is 0 Å². The van der Waals surface area contributed by atoms with E-state index in [1.54, 1.807) is 12.2 Å². The molecule has 52 valence electrons. The van der Waals surface area contributed by atoms with Gasteiger partial charge in [-0.05, 0) is 0 Å². The Morgan fingerprint density at radius 3 is 1.89 bits per heavy atom. The summed E-state index contributed by atoms with van der Waals surface area (Å²) in [5.41, 5.74) is 0. The average molecular weight is 146 g/mol. The van der Waals surface area contributed by atoms with E-state index in [0.717, 1.165) is 0 Å². The summed E-state index contributed by atoms with van der Waals surface area (Å²) in [5, 5.41) is 0. The third-order valence-corrected chi connectivity index (χ3v) is 1.09. The van der Waals surface area contributed by atoms with Crippen LogP contribution in [0.3, 0.4) is 0 Å². The zero-order chi connectivity index (χ0) is 6.95. The summed E-state index contributed by atoms with van der Waals surface area (Å²) in [6.45, 7) is 8.07. The molecule has 0 aromatic carbocycles. The van der Waals surface area contributed by atoms with Gasteiger partial charge in [-0.15, -0.1) is 13.2 Å². The summed E-state index contributed by atoms with van der Waals surface area (Å²) in [6.07, 6.45) is 3.37. The van der Waals surface area contributed by atoms with Gasteiger partial charge in [-0.2, -0.15) is 0 Å². The van der Waals surface area contributed by atoms with E-state index in [1.807, 2.05) is 0 Å². The number of rotatable bonds is 6. The first kappa shape index (κ1) is 8.83. The van der Waals surface area contributed by atoms with Gasteiger partial charge in [-0.25, -0.2) is 0 Å². The molecule has 0 heterocycles. The lowest BCUT2D eigenvalue weighted by molar-refractivity contribution is 0.310. The fourth-order valence-electron chi connectivity index (χ4n) is 0.228. The van der Waals surface area contributed by atoms with Crippen molar-refractivity contribution in [2.45, 2.75) is 0 Å². The molecule has 0 rings (SSSR count). The summed E-state index contributed by atoms with van der Waals surface area (Å²) in [5.74, 6) is 0. The van der Waals surface area contributed by atoms with Crippen LogP contribution in [0.25, 0.3) is 0 Å². The van der Waals surface area contributed by atoms with E-state index in [4.69, 9.17) is 9.05 Å². The van der Waals surface area contributed by atoms with E-state index < -0.39 is 0 Å². The van der Waals surface area contributed by atoms with Gasteiger partial charge in [0.2, 0.25) is 0 Å². The largest absolute Gasteiger partial charge is 0.332 e. The summed E-state index contributed by atoms with van der Waals surface area (Å²) in [6, 6.07) is 0. The Kier molecular flexibility index (Phi) is 7.68. The van der Waals surface area contributed by atoms with Crippen molar-refractivity contribution in [1.82, 2.24) is 0 Å². The second kappa shape index (κ2) is 7.83. The van der Waals surface area contributed by atoms with Crippen molar-refractivity contribution in [1.29, 1.82) is 0 Å². The summed E-state index contributed by atoms with van der Waals surface area (Å²) < 4.78 is 9.85. The maximum Gasteiger partial charge on any atom is 0.155 e. The highest BCUT2D eigenvalue weighted by Gasteiger charge is 1.80. The van der Waals surface area contributed by atoms with Gasteiger partial charge in [0.15, 0.2) is 9.03 Å². The van der Waals surface area contributed by atoms with Gasteiger partial charge in [0.25, 0.3) is 0 Å². The SMILES string of the molecule is C=CCOPOCC=C. The van der Waals surface area contributed by atoms with Crippen molar-refractivity contribution in [2.24, 2.45) is 0 Å². The molecule has 0 N–H and O–H groups in total. The quantitative estimate of drug-likeness (QED) is 0.323. The van der Waals surface area contributed by atoms with Gasteiger partial charge in [0.05, 0.1) is 13.2 Å². The Labute approximate surface area is 57.5 Å². The lowest BCUT2D eigenvalue weighted by Gasteiger charge is -1.97. The maximum absolute atomic E-state index is 4.92. The van der Waals surface area contributed by atoms with Gasteiger partial charge in [-0.3, -0.25) is 0 Å². The van der Waals surface area contributed by atoms with Gasteiger partial charge < -0.3 is 9.05 Å². The third kappa shape index (κ3) is 7.83. The minimum Gasteiger partial charge on any atom is -0.332 e. The van der Waals surface area contributed by atoms with Crippen LogP contribution in [0.1, 0.15) is 0 Å². The van der Waals surface area contributed by atoms with Crippen molar-refractivity contribution >= 4 is 9.03 Å². The summed E-state index contributed by atoms with van der Waals surface area (Å²) in [7, 11) is 0.103. The van der Waals surface area contributed by atoms with Crippen LogP contribution >= 0.6 is 9.03 Å². The van der Waals surface area contributed by atoms with Crippen molar-refractivity contribution in [3.63, 3.8) is 0 Å². The maximum atomic E-state index is 4.92. The third-order valence-electron chi connectivity index (χ3n) is 0.520. The summed E-state index contributed by atoms with van der Waals surface area (Å²) in [4.78, 5) is 0. The molecule has 0 atom stereocenters. The zero-order valence-corrected chi connectivity index (χ0v) is 6.30. The average Bonchev–Trinajstić information content (AvgIpc) is 1.89. The molecule has 0 aliphatic carbocycles. The topological polar surface area (TPSA) is 18.5 Å². The molecule has 0 fully saturated rings. The molecule has 0 saturated carbocycles. The Bertz CT molecular complexity index is 73.1. The molecule has 0 aromatic rings. The molecule has 0 amide bonds. The predicted octanol–water partition coefficient (Wildman–Crippen LogP) is 1.90. The minimum atomic E-state index is 0.103. The highest BCUT2D eigenvalue weighted by Crippen LogP contribution is 2.11. The molecule has 0 saturated heterocycles. The van der Waals surface area contributed by atoms with Crippen LogP contribution in [0, 0.1) is 0 Å². The normalized spacial score (nSPS) is 8.89. The van der Waals surface area contributed by atoms with Gasteiger partial charge in [-0.1, -0.05) is 12.2 Å². The molecule has 0 bridgehead atoms. The van der Waals surface area contributed by atoms with E-state index in [2.05, 4.69) is 13.2 Å². The summed E-state index contributed by atoms with van der Waals surface area (Å²) >= 11 is 0. The molecule has 3 heteroatoms. The van der Waals surface area contributed by atoms with Crippen LogP contribution in [0.4, 0.5) is 0 Å². The van der Waals surface area contributed by atoms with Crippen molar-refractivity contribution in [3.8, 4) is 0 Å². The number of hydrogen-bond acceptors (Lipinski definition) is 2. The molecule has 0 aliphatic heterocycles. The highest BCUT2D eigenvalue weighted by molar-refractivity contribution is 7.26. The molecule has 0 aliphatic rings. The highest BCUT2D eigenvalue weighted by atomic mass is 31.1. The van der Waals surface area contributed by atoms with E-state index in [9.17, 15) is 0 Å². The first-order chi connectivity index (χ1) is 4.41. The van der Waals surface area contributed by atoms with E-state index in [0.29, 0.717) is 13.2 Å². The van der Waals surface area contributed by atoms with Crippen molar-refractivity contribution in [2.75, 3.05) is 13.2 Å². The lowest BCUT2D eigenvalue weighted by Crippen LogP contribution is -1.80. The Balaban J connectivity index is 2.74. The smallest absolute Gasteiger partial charge is 0.155 e. The standard InChI is InChI=1S/C6H11O2P/c1-3-5-7-9-8-6-4-2/h3-4,9H,1-2,5-6H2. The molecular formula is C6H11O2P. The zero-order valence-electron chi connectivity index (χ0n) is 5.30. The van der Waals surface area contributed by atoms with Crippen molar-refractivity contribution < 1.29 is 9.05 Å². The van der Waals surface area contributed by atoms with Crippen LogP contribution < -0.4 is 0 Å². The van der Waals surface area contributed by atoms with E-state index in [1.165, 1.54) is 0 Å². The molecule has 0 unspecified atom stereocenters. The second-order valence-electron chi connectivity index (χ2n) is 1.28. The Hall–Kier alpha value is -0.170. The Morgan fingerprint density at radius 1 is 1.11 bits per heavy atom.